The molecule has 0 spiro atoms. The summed E-state index contributed by atoms with van der Waals surface area (Å²) < 4.78 is 24.3. The molecule has 1 atom stereocenters. The van der Waals surface area contributed by atoms with E-state index < -0.39 is 29.3 Å². The lowest BCUT2D eigenvalue weighted by Crippen LogP contribution is -2.34. The largest absolute Gasteiger partial charge is 0.496 e. The van der Waals surface area contributed by atoms with Crippen molar-refractivity contribution in [3.63, 3.8) is 0 Å². The molecule has 0 aliphatic carbocycles. The molecule has 21 heavy (non-hydrogen) atoms. The first-order valence-electron chi connectivity index (χ1n) is 5.91. The number of ether oxygens (including phenoxy) is 2. The summed E-state index contributed by atoms with van der Waals surface area (Å²) in [6, 6.07) is 4.74. The topological polar surface area (TPSA) is 90.4 Å². The van der Waals surface area contributed by atoms with Crippen molar-refractivity contribution < 1.29 is 18.7 Å². The van der Waals surface area contributed by atoms with Gasteiger partial charge in [-0.3, -0.25) is 14.3 Å². The van der Waals surface area contributed by atoms with Crippen LogP contribution in [0.2, 0.25) is 0 Å². The first kappa shape index (κ1) is 13.1. The van der Waals surface area contributed by atoms with Gasteiger partial charge in [-0.2, -0.15) is 4.39 Å². The molecule has 3 rings (SSSR count). The van der Waals surface area contributed by atoms with Gasteiger partial charge in [0, 0.05) is 5.56 Å². The van der Waals surface area contributed by atoms with E-state index in [0.717, 1.165) is 4.57 Å². The fourth-order valence-electron chi connectivity index (χ4n) is 2.21. The molecule has 2 aromatic rings. The summed E-state index contributed by atoms with van der Waals surface area (Å²) in [5.74, 6) is -1.55. The summed E-state index contributed by atoms with van der Waals surface area (Å²) in [5, 5.41) is 0. The van der Waals surface area contributed by atoms with E-state index in [9.17, 15) is 18.8 Å². The van der Waals surface area contributed by atoms with E-state index in [1.54, 1.807) is 18.2 Å². The van der Waals surface area contributed by atoms with Crippen molar-refractivity contribution >= 4 is 5.97 Å². The Labute approximate surface area is 116 Å². The molecule has 0 bridgehead atoms. The number of nitrogens with one attached hydrogen (secondary N) is 1. The first-order chi connectivity index (χ1) is 10.0. The minimum Gasteiger partial charge on any atom is -0.496 e. The highest BCUT2D eigenvalue weighted by molar-refractivity contribution is 5.97. The normalized spacial score (nSPS) is 16.5. The number of rotatable bonds is 2. The molecule has 0 amide bonds. The van der Waals surface area contributed by atoms with E-state index >= 15 is 0 Å². The van der Waals surface area contributed by atoms with Crippen LogP contribution < -0.4 is 16.0 Å². The number of nitrogens with zero attached hydrogens (tertiary/aromatic N) is 1. The number of hydrogen-bond acceptors (Lipinski definition) is 5. The Morgan fingerprint density at radius 1 is 1.33 bits per heavy atom. The lowest BCUT2D eigenvalue weighted by molar-refractivity contribution is 0.0305. The molecule has 1 aromatic carbocycles. The van der Waals surface area contributed by atoms with Crippen LogP contribution >= 0.6 is 0 Å². The maximum Gasteiger partial charge on any atom is 0.344 e. The third kappa shape index (κ3) is 1.92. The van der Waals surface area contributed by atoms with Crippen molar-refractivity contribution in [3.8, 4) is 5.75 Å². The molecule has 1 aliphatic rings. The van der Waals surface area contributed by atoms with Gasteiger partial charge in [-0.05, 0) is 6.07 Å². The number of fused-ring (bicyclic) bond motifs is 1. The van der Waals surface area contributed by atoms with E-state index in [1.165, 1.54) is 7.11 Å². The average molecular weight is 292 g/mol. The van der Waals surface area contributed by atoms with Gasteiger partial charge in [0.05, 0.1) is 13.3 Å². The fraction of sp³-hybridized carbons (Fsp3) is 0.154. The summed E-state index contributed by atoms with van der Waals surface area (Å²) in [7, 11) is 1.39. The molecule has 2 heterocycles. The number of hydrogen-bond donors (Lipinski definition) is 1. The molecule has 1 aliphatic heterocycles. The van der Waals surface area contributed by atoms with Gasteiger partial charge in [-0.25, -0.2) is 9.59 Å². The van der Waals surface area contributed by atoms with Crippen LogP contribution in [0, 0.1) is 5.82 Å². The maximum absolute atomic E-state index is 13.4. The summed E-state index contributed by atoms with van der Waals surface area (Å²) in [4.78, 5) is 36.5. The molecule has 1 N–H and O–H groups in total. The van der Waals surface area contributed by atoms with Crippen LogP contribution in [0.15, 0.2) is 34.0 Å². The van der Waals surface area contributed by atoms with Gasteiger partial charge >= 0.3 is 11.7 Å². The van der Waals surface area contributed by atoms with Gasteiger partial charge in [0.15, 0.2) is 0 Å². The second-order valence-electron chi connectivity index (χ2n) is 4.33. The summed E-state index contributed by atoms with van der Waals surface area (Å²) in [5.41, 5.74) is -1.49. The number of carbonyl (C=O) groups excluding carboxylic acids is 1. The third-order valence-electron chi connectivity index (χ3n) is 3.14. The molecule has 1 unspecified atom stereocenters. The van der Waals surface area contributed by atoms with E-state index in [4.69, 9.17) is 9.47 Å². The quantitative estimate of drug-likeness (QED) is 0.809. The zero-order valence-corrected chi connectivity index (χ0v) is 10.8. The van der Waals surface area contributed by atoms with Crippen LogP contribution in [0.25, 0.3) is 0 Å². The molecule has 8 heteroatoms. The fourth-order valence-corrected chi connectivity index (χ4v) is 2.21. The molecule has 0 radical (unpaired) electrons. The number of carbonyl (C=O) groups is 1. The Hall–Kier alpha value is -2.90. The molecule has 0 saturated heterocycles. The number of aromatic nitrogens is 2. The second kappa shape index (κ2) is 4.58. The minimum atomic E-state index is -1.15. The molecular formula is C13H9FN2O5. The van der Waals surface area contributed by atoms with Crippen molar-refractivity contribution in [1.29, 1.82) is 0 Å². The van der Waals surface area contributed by atoms with Crippen LogP contribution in [-0.2, 0) is 4.74 Å². The van der Waals surface area contributed by atoms with E-state index in [0.29, 0.717) is 11.8 Å². The lowest BCUT2D eigenvalue weighted by atomic mass is 10.1. The van der Waals surface area contributed by atoms with Gasteiger partial charge in [0.25, 0.3) is 5.56 Å². The Bertz CT molecular complexity index is 854. The van der Waals surface area contributed by atoms with Gasteiger partial charge in [-0.15, -0.1) is 0 Å². The number of halogens is 1. The highest BCUT2D eigenvalue weighted by Gasteiger charge is 2.35. The van der Waals surface area contributed by atoms with E-state index in [2.05, 4.69) is 0 Å². The van der Waals surface area contributed by atoms with Gasteiger partial charge < -0.3 is 9.47 Å². The van der Waals surface area contributed by atoms with Crippen molar-refractivity contribution in [1.82, 2.24) is 9.55 Å². The Kier molecular flexibility index (Phi) is 2.86. The molecule has 0 fully saturated rings. The summed E-state index contributed by atoms with van der Waals surface area (Å²) >= 11 is 0. The first-order valence-corrected chi connectivity index (χ1v) is 5.91. The Balaban J connectivity index is 2.21. The Morgan fingerprint density at radius 3 is 2.81 bits per heavy atom. The number of aromatic amines is 1. The van der Waals surface area contributed by atoms with Crippen molar-refractivity contribution in [2.24, 2.45) is 0 Å². The van der Waals surface area contributed by atoms with Crippen LogP contribution in [0.1, 0.15) is 22.1 Å². The van der Waals surface area contributed by atoms with E-state index in [-0.39, 0.29) is 11.3 Å². The van der Waals surface area contributed by atoms with E-state index in [1.807, 2.05) is 4.98 Å². The zero-order valence-electron chi connectivity index (χ0n) is 10.8. The summed E-state index contributed by atoms with van der Waals surface area (Å²) in [6.07, 6.45) is -0.449. The molecule has 1 aromatic heterocycles. The van der Waals surface area contributed by atoms with Gasteiger partial charge in [-0.1, -0.05) is 12.1 Å². The number of methoxy groups -OCH3 is 1. The number of H-pyrrole nitrogens is 1. The zero-order chi connectivity index (χ0) is 15.1. The van der Waals surface area contributed by atoms with Gasteiger partial charge in [0.2, 0.25) is 12.0 Å². The highest BCUT2D eigenvalue weighted by Crippen LogP contribution is 2.36. The Morgan fingerprint density at radius 2 is 2.10 bits per heavy atom. The molecule has 108 valence electrons. The average Bonchev–Trinajstić information content (AvgIpc) is 2.80. The van der Waals surface area contributed by atoms with Crippen molar-refractivity contribution in [2.45, 2.75) is 6.23 Å². The molecular weight excluding hydrogens is 283 g/mol. The third-order valence-corrected chi connectivity index (χ3v) is 3.14. The van der Waals surface area contributed by atoms with Crippen molar-refractivity contribution in [2.75, 3.05) is 7.11 Å². The molecule has 0 saturated carbocycles. The monoisotopic (exact) mass is 292 g/mol. The van der Waals surface area contributed by atoms with Crippen LogP contribution in [0.3, 0.4) is 0 Å². The summed E-state index contributed by atoms with van der Waals surface area (Å²) in [6.45, 7) is 0. The smallest absolute Gasteiger partial charge is 0.344 e. The second-order valence-corrected chi connectivity index (χ2v) is 4.33. The van der Waals surface area contributed by atoms with Crippen LogP contribution in [0.4, 0.5) is 4.39 Å². The standard InChI is InChI=1S/C13H9FN2O5/c1-20-8-4-2-3-6-9(8)12(18)21-11(6)16-5-7(14)10(17)15-13(16)19/h2-5,11H,1H3,(H,15,17,19). The van der Waals surface area contributed by atoms with Crippen LogP contribution in [0.5, 0.6) is 5.75 Å². The number of cyclic esters (lactones) is 1. The number of benzene rings is 1. The highest BCUT2D eigenvalue weighted by atomic mass is 19.1. The SMILES string of the molecule is COc1cccc2c1C(=O)OC2n1cc(F)c(=O)[nH]c1=O. The van der Waals surface area contributed by atoms with Crippen LogP contribution in [-0.4, -0.2) is 22.6 Å². The minimum absolute atomic E-state index is 0.170. The predicted octanol–water partition coefficient (Wildman–Crippen LogP) is 0.402. The number of esters is 1. The van der Waals surface area contributed by atoms with Gasteiger partial charge in [0.1, 0.15) is 11.3 Å². The lowest BCUT2D eigenvalue weighted by Gasteiger charge is -2.13. The van der Waals surface area contributed by atoms with Crippen molar-refractivity contribution in [3.05, 3.63) is 62.2 Å². The maximum atomic E-state index is 13.4. The predicted molar refractivity (Wildman–Crippen MR) is 67.8 cm³/mol. The molecule has 7 nitrogen and oxygen atoms in total.